The molecule has 0 fully saturated rings. The first kappa shape index (κ1) is 20.8. The van der Waals surface area contributed by atoms with Gasteiger partial charge < -0.3 is 4.40 Å². The maximum absolute atomic E-state index is 4.74. The number of hydrogen-bond donors (Lipinski definition) is 0. The van der Waals surface area contributed by atoms with Gasteiger partial charge in [0.2, 0.25) is 0 Å². The van der Waals surface area contributed by atoms with Gasteiger partial charge in [-0.3, -0.25) is 4.98 Å². The molecule has 0 N–H and O–H groups in total. The standard InChI is InChI=1S/C37H22N2/c1-2-8-23(9-3-1)32-21-27-20-25(16-17-26(27)22-38-32)28-12-7-15-34-36(28)31-19-18-24-10-6-13-30-29-11-4-5-14-33(29)39(34)37(31)35(24)30/h1-22H. The van der Waals surface area contributed by atoms with Crippen molar-refractivity contribution in [3.8, 4) is 22.4 Å². The molecule has 180 valence electrons. The third-order valence-electron chi connectivity index (χ3n) is 8.33. The van der Waals surface area contributed by atoms with Crippen LogP contribution >= 0.6 is 0 Å². The highest BCUT2D eigenvalue weighted by atomic mass is 14.9. The van der Waals surface area contributed by atoms with Crippen molar-refractivity contribution in [2.75, 3.05) is 0 Å². The Kier molecular flexibility index (Phi) is 4.08. The zero-order valence-corrected chi connectivity index (χ0v) is 21.1. The third-order valence-corrected chi connectivity index (χ3v) is 8.33. The Hall–Kier alpha value is -5.21. The Morgan fingerprint density at radius 2 is 1.26 bits per heavy atom. The second-order valence-corrected chi connectivity index (χ2v) is 10.4. The second-order valence-electron chi connectivity index (χ2n) is 10.4. The van der Waals surface area contributed by atoms with Crippen molar-refractivity contribution in [3.05, 3.63) is 134 Å². The van der Waals surface area contributed by atoms with Crippen molar-refractivity contribution in [2.45, 2.75) is 0 Å². The summed E-state index contributed by atoms with van der Waals surface area (Å²) in [5, 5.41) is 10.2. The Morgan fingerprint density at radius 1 is 0.462 bits per heavy atom. The monoisotopic (exact) mass is 494 g/mol. The van der Waals surface area contributed by atoms with Crippen LogP contribution in [0.2, 0.25) is 0 Å². The van der Waals surface area contributed by atoms with E-state index in [0.29, 0.717) is 0 Å². The van der Waals surface area contributed by atoms with Crippen molar-refractivity contribution in [3.63, 3.8) is 0 Å². The summed E-state index contributed by atoms with van der Waals surface area (Å²) in [6.07, 6.45) is 1.99. The van der Waals surface area contributed by atoms with E-state index in [0.717, 1.165) is 16.6 Å². The van der Waals surface area contributed by atoms with Crippen LogP contribution in [-0.4, -0.2) is 9.38 Å². The van der Waals surface area contributed by atoms with Crippen molar-refractivity contribution in [1.82, 2.24) is 9.38 Å². The van der Waals surface area contributed by atoms with Gasteiger partial charge >= 0.3 is 0 Å². The molecular formula is C37H22N2. The number of para-hydroxylation sites is 1. The number of benzene rings is 6. The second kappa shape index (κ2) is 7.66. The third kappa shape index (κ3) is 2.83. The van der Waals surface area contributed by atoms with Crippen LogP contribution < -0.4 is 0 Å². The van der Waals surface area contributed by atoms with Gasteiger partial charge in [0.25, 0.3) is 0 Å². The lowest BCUT2D eigenvalue weighted by Crippen LogP contribution is -1.91. The highest BCUT2D eigenvalue weighted by molar-refractivity contribution is 6.30. The zero-order valence-electron chi connectivity index (χ0n) is 21.1. The van der Waals surface area contributed by atoms with Crippen LogP contribution in [0.15, 0.2) is 134 Å². The fourth-order valence-corrected chi connectivity index (χ4v) is 6.61. The van der Waals surface area contributed by atoms with Gasteiger partial charge in [-0.2, -0.15) is 0 Å². The molecule has 9 aromatic rings. The van der Waals surface area contributed by atoms with E-state index in [1.165, 1.54) is 65.4 Å². The minimum atomic E-state index is 0.997. The summed E-state index contributed by atoms with van der Waals surface area (Å²) in [5.41, 5.74) is 8.41. The van der Waals surface area contributed by atoms with Crippen molar-refractivity contribution < 1.29 is 0 Å². The van der Waals surface area contributed by atoms with Crippen LogP contribution in [0.1, 0.15) is 0 Å². The SMILES string of the molecule is c1ccc(-c2cc3cc(-c4cccc5c4c4ccc6cccc7c8ccccc8n5c4c67)ccc3cn2)cc1. The zero-order chi connectivity index (χ0) is 25.5. The highest BCUT2D eigenvalue weighted by Crippen LogP contribution is 2.44. The van der Waals surface area contributed by atoms with Crippen LogP contribution in [0.5, 0.6) is 0 Å². The predicted octanol–water partition coefficient (Wildman–Crippen LogP) is 9.87. The predicted molar refractivity (Wildman–Crippen MR) is 165 cm³/mol. The van der Waals surface area contributed by atoms with E-state index in [4.69, 9.17) is 4.98 Å². The molecule has 0 unspecified atom stereocenters. The molecular weight excluding hydrogens is 472 g/mol. The van der Waals surface area contributed by atoms with Gasteiger partial charge in [0, 0.05) is 38.7 Å². The molecule has 0 spiro atoms. The number of fused-ring (bicyclic) bond motifs is 7. The van der Waals surface area contributed by atoms with E-state index in [1.54, 1.807) is 0 Å². The normalized spacial score (nSPS) is 12.1. The molecule has 2 heteroatoms. The number of pyridine rings is 2. The van der Waals surface area contributed by atoms with Crippen LogP contribution in [-0.2, 0) is 0 Å². The summed E-state index contributed by atoms with van der Waals surface area (Å²) in [7, 11) is 0. The summed E-state index contributed by atoms with van der Waals surface area (Å²) in [4.78, 5) is 4.74. The fraction of sp³-hybridized carbons (Fsp3) is 0. The Bertz CT molecular complexity index is 2360. The Morgan fingerprint density at radius 3 is 2.21 bits per heavy atom. The minimum Gasteiger partial charge on any atom is -0.308 e. The maximum Gasteiger partial charge on any atom is 0.0708 e. The topological polar surface area (TPSA) is 17.3 Å². The average molecular weight is 495 g/mol. The quantitative estimate of drug-likeness (QED) is 0.173. The molecule has 0 amide bonds. The number of nitrogens with zero attached hydrogens (tertiary/aromatic N) is 2. The molecule has 9 rings (SSSR count). The lowest BCUT2D eigenvalue weighted by atomic mass is 9.95. The van der Waals surface area contributed by atoms with Gasteiger partial charge in [-0.25, -0.2) is 0 Å². The Balaban J connectivity index is 1.39. The van der Waals surface area contributed by atoms with Gasteiger partial charge in [0.05, 0.1) is 22.2 Å². The molecule has 3 aromatic heterocycles. The number of rotatable bonds is 2. The van der Waals surface area contributed by atoms with Crippen LogP contribution in [0.3, 0.4) is 0 Å². The molecule has 0 aliphatic carbocycles. The van der Waals surface area contributed by atoms with E-state index >= 15 is 0 Å². The van der Waals surface area contributed by atoms with Gasteiger partial charge in [-0.15, -0.1) is 0 Å². The van der Waals surface area contributed by atoms with Gasteiger partial charge in [0.15, 0.2) is 0 Å². The van der Waals surface area contributed by atoms with E-state index in [9.17, 15) is 0 Å². The first-order valence-electron chi connectivity index (χ1n) is 13.4. The summed E-state index contributed by atoms with van der Waals surface area (Å²) in [6, 6.07) is 46.2. The van der Waals surface area contributed by atoms with E-state index in [-0.39, 0.29) is 0 Å². The molecule has 39 heavy (non-hydrogen) atoms. The van der Waals surface area contributed by atoms with E-state index in [2.05, 4.69) is 126 Å². The molecule has 0 aliphatic rings. The lowest BCUT2D eigenvalue weighted by molar-refractivity contribution is 1.35. The van der Waals surface area contributed by atoms with Gasteiger partial charge in [0.1, 0.15) is 0 Å². The highest BCUT2D eigenvalue weighted by Gasteiger charge is 2.20. The lowest BCUT2D eigenvalue weighted by Gasteiger charge is -2.12. The summed E-state index contributed by atoms with van der Waals surface area (Å²) < 4.78 is 2.48. The maximum atomic E-state index is 4.74. The first-order valence-corrected chi connectivity index (χ1v) is 13.4. The van der Waals surface area contributed by atoms with E-state index < -0.39 is 0 Å². The van der Waals surface area contributed by atoms with Crippen molar-refractivity contribution in [2.24, 2.45) is 0 Å². The molecule has 3 heterocycles. The molecule has 0 saturated heterocycles. The van der Waals surface area contributed by atoms with Crippen LogP contribution in [0.4, 0.5) is 0 Å². The molecule has 2 nitrogen and oxygen atoms in total. The van der Waals surface area contributed by atoms with Crippen molar-refractivity contribution >= 4 is 59.6 Å². The van der Waals surface area contributed by atoms with E-state index in [1.807, 2.05) is 12.3 Å². The molecule has 0 bridgehead atoms. The largest absolute Gasteiger partial charge is 0.308 e. The van der Waals surface area contributed by atoms with Gasteiger partial charge in [-0.1, -0.05) is 103 Å². The van der Waals surface area contributed by atoms with Gasteiger partial charge in [-0.05, 0) is 51.6 Å². The molecule has 6 aromatic carbocycles. The van der Waals surface area contributed by atoms with Crippen molar-refractivity contribution in [1.29, 1.82) is 0 Å². The molecule has 0 radical (unpaired) electrons. The minimum absolute atomic E-state index is 0.997. The van der Waals surface area contributed by atoms with Crippen LogP contribution in [0, 0.1) is 0 Å². The Labute approximate surface area is 224 Å². The number of aromatic nitrogens is 2. The summed E-state index contributed by atoms with van der Waals surface area (Å²) in [5.74, 6) is 0. The summed E-state index contributed by atoms with van der Waals surface area (Å²) >= 11 is 0. The molecule has 0 saturated carbocycles. The number of hydrogen-bond acceptors (Lipinski definition) is 1. The smallest absolute Gasteiger partial charge is 0.0708 e. The molecule has 0 atom stereocenters. The summed E-state index contributed by atoms with van der Waals surface area (Å²) in [6.45, 7) is 0. The fourth-order valence-electron chi connectivity index (χ4n) is 6.61. The average Bonchev–Trinajstić information content (AvgIpc) is 3.36. The first-order chi connectivity index (χ1) is 19.3. The van der Waals surface area contributed by atoms with Crippen LogP contribution in [0.25, 0.3) is 82.0 Å². The molecule has 0 aliphatic heterocycles.